The number of carbonyl (C=O) groups excluding carboxylic acids is 2. The molecule has 142 valence electrons. The van der Waals surface area contributed by atoms with Crippen molar-refractivity contribution in [3.05, 3.63) is 71.0 Å². The molecule has 0 radical (unpaired) electrons. The molecule has 1 aliphatic rings. The van der Waals surface area contributed by atoms with Gasteiger partial charge in [-0.1, -0.05) is 30.3 Å². The Labute approximate surface area is 154 Å². The predicted molar refractivity (Wildman–Crippen MR) is 91.5 cm³/mol. The molecule has 0 aliphatic heterocycles. The summed E-state index contributed by atoms with van der Waals surface area (Å²) in [7, 11) is 0. The van der Waals surface area contributed by atoms with Gasteiger partial charge in [0, 0.05) is 30.9 Å². The molecular weight excluding hydrogens is 359 g/mol. The molecule has 3 rings (SSSR count). The summed E-state index contributed by atoms with van der Waals surface area (Å²) in [6.07, 6.45) is -0.375. The number of hydrogen-bond acceptors (Lipinski definition) is 3. The summed E-state index contributed by atoms with van der Waals surface area (Å²) in [6, 6.07) is 9.53. The Bertz CT molecular complexity index is 842. The second-order valence-corrected chi connectivity index (χ2v) is 6.49. The summed E-state index contributed by atoms with van der Waals surface area (Å²) < 4.78 is 46.1. The van der Waals surface area contributed by atoms with Crippen molar-refractivity contribution in [2.75, 3.05) is 0 Å². The van der Waals surface area contributed by atoms with Gasteiger partial charge in [-0.05, 0) is 23.6 Å². The highest BCUT2D eigenvalue weighted by atomic mass is 19.2. The van der Waals surface area contributed by atoms with Crippen molar-refractivity contribution in [3.8, 4) is 0 Å². The first-order valence-corrected chi connectivity index (χ1v) is 8.57. The fourth-order valence-electron chi connectivity index (χ4n) is 3.27. The number of hydrogen-bond donors (Lipinski definition) is 1. The minimum absolute atomic E-state index is 0.0243. The van der Waals surface area contributed by atoms with Crippen LogP contribution in [0, 0.1) is 17.5 Å². The van der Waals surface area contributed by atoms with Gasteiger partial charge in [0.25, 0.3) is 0 Å². The smallest absolute Gasteiger partial charge is 0.407 e. The third-order valence-electron chi connectivity index (χ3n) is 4.62. The fraction of sp³-hybridized carbons (Fsp3) is 0.300. The first kappa shape index (κ1) is 18.9. The number of nitrogens with one attached hydrogen (secondary N) is 1. The number of halogens is 3. The summed E-state index contributed by atoms with van der Waals surface area (Å²) >= 11 is 0. The van der Waals surface area contributed by atoms with Crippen LogP contribution in [-0.4, -0.2) is 17.9 Å². The topological polar surface area (TPSA) is 55.4 Å². The molecule has 0 aromatic heterocycles. The molecule has 1 N–H and O–H groups in total. The van der Waals surface area contributed by atoms with Crippen LogP contribution in [0.15, 0.2) is 42.5 Å². The lowest BCUT2D eigenvalue weighted by atomic mass is 9.79. The minimum atomic E-state index is -1.28. The molecule has 0 unspecified atom stereocenters. The van der Waals surface area contributed by atoms with Crippen molar-refractivity contribution in [3.63, 3.8) is 0 Å². The van der Waals surface area contributed by atoms with Crippen LogP contribution in [0.5, 0.6) is 0 Å². The van der Waals surface area contributed by atoms with Gasteiger partial charge in [-0.15, -0.1) is 0 Å². The number of ether oxygens (including phenoxy) is 1. The molecule has 0 heterocycles. The molecule has 1 saturated carbocycles. The van der Waals surface area contributed by atoms with Crippen LogP contribution >= 0.6 is 0 Å². The van der Waals surface area contributed by atoms with Gasteiger partial charge in [-0.3, -0.25) is 4.79 Å². The lowest BCUT2D eigenvalue weighted by Crippen LogP contribution is -2.43. The van der Waals surface area contributed by atoms with Crippen LogP contribution in [0.1, 0.15) is 36.3 Å². The summed E-state index contributed by atoms with van der Waals surface area (Å²) in [5, 5.41) is 2.56. The number of alkyl carbamates (subject to hydrolysis) is 1. The molecule has 1 amide bonds. The van der Waals surface area contributed by atoms with E-state index in [1.54, 1.807) is 24.3 Å². The first-order chi connectivity index (χ1) is 12.9. The predicted octanol–water partition coefficient (Wildman–Crippen LogP) is 4.24. The van der Waals surface area contributed by atoms with Gasteiger partial charge in [-0.25, -0.2) is 18.0 Å². The van der Waals surface area contributed by atoms with Gasteiger partial charge in [0.1, 0.15) is 18.2 Å². The van der Waals surface area contributed by atoms with Crippen molar-refractivity contribution in [1.29, 1.82) is 0 Å². The first-order valence-electron chi connectivity index (χ1n) is 8.57. The molecule has 1 aliphatic carbocycles. The molecule has 2 aromatic rings. The van der Waals surface area contributed by atoms with Gasteiger partial charge in [0.2, 0.25) is 0 Å². The highest BCUT2D eigenvalue weighted by molar-refractivity contribution is 5.81. The van der Waals surface area contributed by atoms with Crippen LogP contribution in [-0.2, 0) is 16.1 Å². The second kappa shape index (κ2) is 8.24. The maximum atomic E-state index is 14.2. The summed E-state index contributed by atoms with van der Waals surface area (Å²) in [6.45, 7) is 0.0392. The van der Waals surface area contributed by atoms with E-state index in [4.69, 9.17) is 4.74 Å². The van der Waals surface area contributed by atoms with Gasteiger partial charge in [0.15, 0.2) is 11.6 Å². The monoisotopic (exact) mass is 377 g/mol. The molecular formula is C20H18F3NO3. The Balaban J connectivity index is 1.71. The average Bonchev–Trinajstić information content (AvgIpc) is 2.64. The molecule has 4 nitrogen and oxygen atoms in total. The van der Waals surface area contributed by atoms with E-state index < -0.39 is 35.5 Å². The number of ketones is 1. The number of benzene rings is 2. The van der Waals surface area contributed by atoms with Crippen LogP contribution in [0.4, 0.5) is 18.0 Å². The van der Waals surface area contributed by atoms with E-state index in [1.807, 2.05) is 6.07 Å². The Kier molecular flexibility index (Phi) is 5.78. The van der Waals surface area contributed by atoms with E-state index in [-0.39, 0.29) is 37.2 Å². The van der Waals surface area contributed by atoms with E-state index >= 15 is 0 Å². The molecule has 1 fully saturated rings. The zero-order chi connectivity index (χ0) is 19.4. The molecule has 27 heavy (non-hydrogen) atoms. The third kappa shape index (κ3) is 4.67. The highest BCUT2D eigenvalue weighted by Gasteiger charge is 2.34. The number of rotatable bonds is 4. The molecule has 0 spiro atoms. The maximum Gasteiger partial charge on any atom is 0.407 e. The van der Waals surface area contributed by atoms with Crippen LogP contribution < -0.4 is 5.32 Å². The van der Waals surface area contributed by atoms with Crippen LogP contribution in [0.2, 0.25) is 0 Å². The lowest BCUT2D eigenvalue weighted by molar-refractivity contribution is -0.121. The number of carbonyl (C=O) groups is 2. The van der Waals surface area contributed by atoms with Crippen molar-refractivity contribution < 1.29 is 27.5 Å². The standard InChI is InChI=1S/C20H18F3NO3/c21-16-10-18(23)17(22)9-15(16)14-7-6-13(25)8-19(14)24-20(26)27-11-12-4-2-1-3-5-12/h1-5,9-10,14,19H,6-8,11H2,(H,24,26)/t14-,19+/m1/s1. The third-order valence-corrected chi connectivity index (χ3v) is 4.62. The Morgan fingerprint density at radius 2 is 1.78 bits per heavy atom. The van der Waals surface area contributed by atoms with E-state index in [0.29, 0.717) is 6.07 Å². The van der Waals surface area contributed by atoms with E-state index in [2.05, 4.69) is 5.32 Å². The van der Waals surface area contributed by atoms with Crippen LogP contribution in [0.25, 0.3) is 0 Å². The molecule has 2 atom stereocenters. The summed E-state index contributed by atoms with van der Waals surface area (Å²) in [4.78, 5) is 23.9. The minimum Gasteiger partial charge on any atom is -0.445 e. The summed E-state index contributed by atoms with van der Waals surface area (Å²) in [5.74, 6) is -4.11. The van der Waals surface area contributed by atoms with Gasteiger partial charge >= 0.3 is 6.09 Å². The zero-order valence-electron chi connectivity index (χ0n) is 14.4. The second-order valence-electron chi connectivity index (χ2n) is 6.49. The van der Waals surface area contributed by atoms with E-state index in [0.717, 1.165) is 11.6 Å². The quantitative estimate of drug-likeness (QED) is 0.811. The van der Waals surface area contributed by atoms with Crippen molar-refractivity contribution in [2.45, 2.75) is 37.8 Å². The Hall–Kier alpha value is -2.83. The maximum absolute atomic E-state index is 14.2. The molecule has 0 bridgehead atoms. The number of amides is 1. The zero-order valence-corrected chi connectivity index (χ0v) is 14.4. The highest BCUT2D eigenvalue weighted by Crippen LogP contribution is 2.34. The average molecular weight is 377 g/mol. The Morgan fingerprint density at radius 3 is 2.52 bits per heavy atom. The van der Waals surface area contributed by atoms with Crippen molar-refractivity contribution in [2.24, 2.45) is 0 Å². The lowest BCUT2D eigenvalue weighted by Gasteiger charge is -2.31. The molecule has 2 aromatic carbocycles. The van der Waals surface area contributed by atoms with E-state index in [1.165, 1.54) is 0 Å². The SMILES string of the molecule is O=C1CC[C@H](c2cc(F)c(F)cc2F)[C@@H](NC(=O)OCc2ccccc2)C1. The largest absolute Gasteiger partial charge is 0.445 e. The van der Waals surface area contributed by atoms with Crippen LogP contribution in [0.3, 0.4) is 0 Å². The normalized spacial score (nSPS) is 19.6. The Morgan fingerprint density at radius 1 is 1.07 bits per heavy atom. The molecule has 7 heteroatoms. The van der Waals surface area contributed by atoms with Crippen molar-refractivity contribution in [1.82, 2.24) is 5.32 Å². The summed E-state index contributed by atoms with van der Waals surface area (Å²) in [5.41, 5.74) is 0.727. The number of Topliss-reactive ketones (excluding diaryl/α,β-unsaturated/α-hetero) is 1. The molecule has 0 saturated heterocycles. The van der Waals surface area contributed by atoms with Crippen molar-refractivity contribution >= 4 is 11.9 Å². The van der Waals surface area contributed by atoms with E-state index in [9.17, 15) is 22.8 Å². The van der Waals surface area contributed by atoms with Gasteiger partial charge in [0.05, 0.1) is 0 Å². The fourth-order valence-corrected chi connectivity index (χ4v) is 3.27. The van der Waals surface area contributed by atoms with Gasteiger partial charge < -0.3 is 10.1 Å². The van der Waals surface area contributed by atoms with Gasteiger partial charge in [-0.2, -0.15) is 0 Å².